The van der Waals surface area contributed by atoms with E-state index in [4.69, 9.17) is 17.2 Å². The molecule has 0 saturated carbocycles. The second-order valence-electron chi connectivity index (χ2n) is 2.61. The second-order valence-corrected chi connectivity index (χ2v) is 5.39. The summed E-state index contributed by atoms with van der Waals surface area (Å²) in [5.74, 6) is 0. The standard InChI is InChI=1S/3C3H4N2S.4ClH.Ru/c3*4-3-5-1-2-6-3;;;;;/h3*1-2H,(H2,4,5);4*1H;/q;;;;;;;+3/p-4. The summed E-state index contributed by atoms with van der Waals surface area (Å²) in [4.78, 5) is 11.1. The normalized spacial score (nSPS) is 6.78. The van der Waals surface area contributed by atoms with E-state index in [0.717, 1.165) is 0 Å². The topological polar surface area (TPSA) is 117 Å². The van der Waals surface area contributed by atoms with Crippen LogP contribution in [-0.4, -0.2) is 15.0 Å². The molecule has 0 saturated heterocycles. The summed E-state index contributed by atoms with van der Waals surface area (Å²) < 4.78 is 0. The Bertz CT molecular complexity index is 435. The fraction of sp³-hybridized carbons (Fsp3) is 0. The van der Waals surface area contributed by atoms with Gasteiger partial charge in [0.1, 0.15) is 0 Å². The maximum absolute atomic E-state index is 5.19. The summed E-state index contributed by atoms with van der Waals surface area (Å²) in [6, 6.07) is 0. The average molecular weight is 543 g/mol. The Morgan fingerprint density at radius 2 is 0.783 bits per heavy atom. The van der Waals surface area contributed by atoms with Gasteiger partial charge >= 0.3 is 19.5 Å². The second kappa shape index (κ2) is 22.1. The molecule has 0 fully saturated rings. The Morgan fingerprint density at radius 1 is 0.565 bits per heavy atom. The zero-order valence-corrected chi connectivity index (χ0v) is 18.3. The average Bonchev–Trinajstić information content (AvgIpc) is 3.05. The molecule has 0 aromatic carbocycles. The van der Waals surface area contributed by atoms with Crippen LogP contribution in [0.4, 0.5) is 15.4 Å². The van der Waals surface area contributed by atoms with Crippen molar-refractivity contribution in [2.75, 3.05) is 17.2 Å². The van der Waals surface area contributed by atoms with Crippen LogP contribution >= 0.6 is 34.0 Å². The van der Waals surface area contributed by atoms with Crippen molar-refractivity contribution in [1.29, 1.82) is 0 Å². The van der Waals surface area contributed by atoms with Gasteiger partial charge in [-0.05, 0) is 0 Å². The van der Waals surface area contributed by atoms with E-state index >= 15 is 0 Å². The number of nitrogens with zero attached hydrogens (tertiary/aromatic N) is 3. The maximum atomic E-state index is 5.19. The van der Waals surface area contributed by atoms with E-state index in [2.05, 4.69) is 15.0 Å². The van der Waals surface area contributed by atoms with Crippen LogP contribution in [0.25, 0.3) is 0 Å². The van der Waals surface area contributed by atoms with Gasteiger partial charge < -0.3 is 66.8 Å². The number of halogens is 4. The number of nitrogen functional groups attached to an aromatic ring is 3. The molecule has 6 N–H and O–H groups in total. The number of rotatable bonds is 0. The van der Waals surface area contributed by atoms with Crippen molar-refractivity contribution in [3.63, 3.8) is 0 Å². The van der Waals surface area contributed by atoms with E-state index in [1.54, 1.807) is 18.6 Å². The molecule has 1 radical (unpaired) electrons. The van der Waals surface area contributed by atoms with Crippen molar-refractivity contribution in [3.8, 4) is 0 Å². The first-order chi connectivity index (χ1) is 8.68. The number of hydrogen-bond donors (Lipinski definition) is 3. The number of nitrogens with two attached hydrogens (primary N) is 3. The molecule has 0 aliphatic rings. The molecule has 0 aliphatic heterocycles. The molecule has 0 bridgehead atoms. The van der Waals surface area contributed by atoms with Gasteiger partial charge in [-0.3, -0.25) is 0 Å². The first kappa shape index (κ1) is 34.4. The fourth-order valence-corrected chi connectivity index (χ4v) is 1.85. The number of thiazole rings is 3. The van der Waals surface area contributed by atoms with E-state index in [1.807, 2.05) is 16.1 Å². The van der Waals surface area contributed by atoms with Crippen LogP contribution in [0.3, 0.4) is 0 Å². The molecule has 133 valence electrons. The van der Waals surface area contributed by atoms with Crippen LogP contribution in [0.15, 0.2) is 34.7 Å². The Labute approximate surface area is 184 Å². The maximum Gasteiger partial charge on any atom is 3.00 e. The molecule has 3 aromatic rings. The third kappa shape index (κ3) is 20.0. The summed E-state index contributed by atoms with van der Waals surface area (Å²) in [5, 5.41) is 7.43. The quantitative estimate of drug-likeness (QED) is 0.243. The van der Waals surface area contributed by atoms with Gasteiger partial charge in [-0.15, -0.1) is 34.0 Å². The molecule has 23 heavy (non-hydrogen) atoms. The van der Waals surface area contributed by atoms with Gasteiger partial charge in [-0.2, -0.15) is 0 Å². The van der Waals surface area contributed by atoms with Gasteiger partial charge in [-0.1, -0.05) is 0 Å². The first-order valence-corrected chi connectivity index (χ1v) is 7.27. The predicted octanol–water partition coefficient (Wildman–Crippen LogP) is -9.81. The van der Waals surface area contributed by atoms with Crippen molar-refractivity contribution in [1.82, 2.24) is 15.0 Å². The summed E-state index contributed by atoms with van der Waals surface area (Å²) in [7, 11) is 0. The Morgan fingerprint density at radius 3 is 0.826 bits per heavy atom. The smallest absolute Gasteiger partial charge is 1.00 e. The van der Waals surface area contributed by atoms with Crippen LogP contribution in [0.5, 0.6) is 0 Å². The summed E-state index contributed by atoms with van der Waals surface area (Å²) in [6.45, 7) is 0. The van der Waals surface area contributed by atoms with E-state index in [9.17, 15) is 0 Å². The zero-order chi connectivity index (χ0) is 13.2. The number of aromatic nitrogens is 3. The number of anilines is 3. The molecule has 14 heteroatoms. The Balaban J connectivity index is -0.0000000635. The van der Waals surface area contributed by atoms with Gasteiger partial charge in [-0.25, -0.2) is 15.0 Å². The predicted molar refractivity (Wildman–Crippen MR) is 79.6 cm³/mol. The van der Waals surface area contributed by atoms with Crippen molar-refractivity contribution in [2.45, 2.75) is 0 Å². The van der Waals surface area contributed by atoms with Gasteiger partial charge in [0, 0.05) is 34.7 Å². The third-order valence-electron chi connectivity index (χ3n) is 1.35. The largest absolute Gasteiger partial charge is 3.00 e. The van der Waals surface area contributed by atoms with Gasteiger partial charge in [0.2, 0.25) is 0 Å². The van der Waals surface area contributed by atoms with Gasteiger partial charge in [0.05, 0.1) is 0 Å². The van der Waals surface area contributed by atoms with Crippen molar-refractivity contribution in [2.24, 2.45) is 0 Å². The number of hydrogen-bond acceptors (Lipinski definition) is 9. The minimum atomic E-state index is 0. The minimum Gasteiger partial charge on any atom is -1.00 e. The van der Waals surface area contributed by atoms with Crippen molar-refractivity contribution in [3.05, 3.63) is 34.7 Å². The molecule has 6 nitrogen and oxygen atoms in total. The molecular formula is C9H12Cl4N6RuS3-. The monoisotopic (exact) mass is 542 g/mol. The zero-order valence-electron chi connectivity index (χ0n) is 11.1. The molecule has 0 amide bonds. The third-order valence-corrected chi connectivity index (χ3v) is 3.17. The molecule has 0 spiro atoms. The molecule has 3 heterocycles. The molecule has 3 rings (SSSR count). The Kier molecular flexibility index (Phi) is 33.0. The van der Waals surface area contributed by atoms with Gasteiger partial charge in [0.25, 0.3) is 0 Å². The molecule has 0 atom stereocenters. The van der Waals surface area contributed by atoms with Crippen LogP contribution in [0.2, 0.25) is 0 Å². The fourth-order valence-electron chi connectivity index (χ4n) is 0.703. The Hall–Kier alpha value is 0.0734. The first-order valence-electron chi connectivity index (χ1n) is 4.63. The summed E-state index contributed by atoms with van der Waals surface area (Å²) in [6.07, 6.45) is 5.04. The van der Waals surface area contributed by atoms with Crippen LogP contribution in [0, 0.1) is 0 Å². The van der Waals surface area contributed by atoms with Crippen molar-refractivity contribution < 1.29 is 69.1 Å². The van der Waals surface area contributed by atoms with Crippen molar-refractivity contribution >= 4 is 49.4 Å². The summed E-state index contributed by atoms with van der Waals surface area (Å²) in [5.41, 5.74) is 15.6. The van der Waals surface area contributed by atoms with E-state index in [0.29, 0.717) is 15.4 Å². The minimum absolute atomic E-state index is 0. The molecule has 0 aliphatic carbocycles. The molecule has 3 aromatic heterocycles. The van der Waals surface area contributed by atoms with Crippen LogP contribution in [0.1, 0.15) is 0 Å². The van der Waals surface area contributed by atoms with Crippen LogP contribution in [-0.2, 0) is 19.5 Å². The van der Waals surface area contributed by atoms with E-state index in [1.165, 1.54) is 34.0 Å². The molecular weight excluding hydrogens is 531 g/mol. The van der Waals surface area contributed by atoms with Crippen LogP contribution < -0.4 is 66.8 Å². The summed E-state index contributed by atoms with van der Waals surface area (Å²) >= 11 is 4.33. The molecule has 0 unspecified atom stereocenters. The SMILES string of the molecule is Nc1nccs1.Nc1nccs1.Nc1nccs1.[Cl-].[Cl-].[Cl-].[Cl-].[Ru+3]. The van der Waals surface area contributed by atoms with E-state index in [-0.39, 0.29) is 69.1 Å². The van der Waals surface area contributed by atoms with Gasteiger partial charge in [0.15, 0.2) is 15.4 Å². The van der Waals surface area contributed by atoms with E-state index < -0.39 is 0 Å².